The fraction of sp³-hybridized carbons (Fsp3) is 0.333. The molecule has 1 aromatic carbocycles. The summed E-state index contributed by atoms with van der Waals surface area (Å²) >= 11 is 0. The van der Waals surface area contributed by atoms with Crippen LogP contribution < -0.4 is 15.0 Å². The van der Waals surface area contributed by atoms with E-state index in [1.165, 1.54) is 6.07 Å². The van der Waals surface area contributed by atoms with Crippen LogP contribution >= 0.6 is 0 Å². The highest BCUT2D eigenvalue weighted by Gasteiger charge is 2.13. The largest absolute Gasteiger partial charge is 0.473 e. The van der Waals surface area contributed by atoms with Crippen molar-refractivity contribution in [1.82, 2.24) is 15.3 Å². The van der Waals surface area contributed by atoms with Crippen molar-refractivity contribution in [3.63, 3.8) is 0 Å². The van der Waals surface area contributed by atoms with E-state index in [1.54, 1.807) is 12.3 Å². The highest BCUT2D eigenvalue weighted by molar-refractivity contribution is 5.32. The molecule has 2 heterocycles. The molecule has 116 valence electrons. The average molecular weight is 306 g/mol. The molecule has 1 fully saturated rings. The maximum absolute atomic E-state index is 13.1. The lowest BCUT2D eigenvalue weighted by molar-refractivity contribution is 0.292. The van der Waals surface area contributed by atoms with Crippen molar-refractivity contribution in [3.05, 3.63) is 47.7 Å². The van der Waals surface area contributed by atoms with Gasteiger partial charge in [0.1, 0.15) is 6.61 Å². The van der Waals surface area contributed by atoms with Crippen molar-refractivity contribution in [2.24, 2.45) is 0 Å². The van der Waals surface area contributed by atoms with Gasteiger partial charge >= 0.3 is 0 Å². The Morgan fingerprint density at radius 2 is 1.95 bits per heavy atom. The average Bonchev–Trinajstić information content (AvgIpc) is 2.57. The van der Waals surface area contributed by atoms with Crippen LogP contribution in [0.5, 0.6) is 5.88 Å². The number of halogens is 2. The maximum Gasteiger partial charge on any atom is 0.228 e. The first kappa shape index (κ1) is 14.6. The fourth-order valence-electron chi connectivity index (χ4n) is 2.22. The van der Waals surface area contributed by atoms with Gasteiger partial charge in [0, 0.05) is 38.4 Å². The lowest BCUT2D eigenvalue weighted by Gasteiger charge is -2.27. The molecule has 1 aromatic heterocycles. The zero-order valence-electron chi connectivity index (χ0n) is 11.9. The van der Waals surface area contributed by atoms with Crippen molar-refractivity contribution >= 4 is 5.95 Å². The molecular weight excluding hydrogens is 290 g/mol. The van der Waals surface area contributed by atoms with E-state index in [-0.39, 0.29) is 6.61 Å². The molecule has 7 heteroatoms. The van der Waals surface area contributed by atoms with Crippen LogP contribution in [-0.2, 0) is 6.61 Å². The Kier molecular flexibility index (Phi) is 4.43. The third-order valence-corrected chi connectivity index (χ3v) is 3.39. The van der Waals surface area contributed by atoms with E-state index in [2.05, 4.69) is 20.2 Å². The quantitative estimate of drug-likeness (QED) is 0.932. The first-order chi connectivity index (χ1) is 10.7. The minimum atomic E-state index is -0.884. The van der Waals surface area contributed by atoms with Gasteiger partial charge in [0.05, 0.1) is 0 Å². The molecule has 1 saturated heterocycles. The highest BCUT2D eigenvalue weighted by Crippen LogP contribution is 2.15. The molecule has 2 aromatic rings. The molecule has 0 spiro atoms. The van der Waals surface area contributed by atoms with Gasteiger partial charge in [-0.15, -0.1) is 0 Å². The Bertz CT molecular complexity index is 647. The van der Waals surface area contributed by atoms with Gasteiger partial charge in [-0.2, -0.15) is 4.98 Å². The van der Waals surface area contributed by atoms with Crippen molar-refractivity contribution in [3.8, 4) is 5.88 Å². The smallest absolute Gasteiger partial charge is 0.228 e. The molecule has 0 aliphatic carbocycles. The van der Waals surface area contributed by atoms with Crippen molar-refractivity contribution < 1.29 is 13.5 Å². The van der Waals surface area contributed by atoms with Crippen LogP contribution in [0.25, 0.3) is 0 Å². The molecule has 0 atom stereocenters. The van der Waals surface area contributed by atoms with Crippen LogP contribution in [0.1, 0.15) is 5.56 Å². The molecule has 22 heavy (non-hydrogen) atoms. The molecule has 0 saturated carbocycles. The molecular formula is C15H16F2N4O. The van der Waals surface area contributed by atoms with Gasteiger partial charge in [-0.3, -0.25) is 0 Å². The minimum absolute atomic E-state index is 0.120. The maximum atomic E-state index is 13.1. The van der Waals surface area contributed by atoms with Gasteiger partial charge in [-0.25, -0.2) is 13.8 Å². The van der Waals surface area contributed by atoms with Crippen LogP contribution in [-0.4, -0.2) is 36.1 Å². The zero-order chi connectivity index (χ0) is 15.4. The van der Waals surface area contributed by atoms with Gasteiger partial charge in [0.15, 0.2) is 11.6 Å². The number of ether oxygens (including phenoxy) is 1. The Labute approximate surface area is 127 Å². The van der Waals surface area contributed by atoms with E-state index in [9.17, 15) is 8.78 Å². The number of nitrogens with zero attached hydrogens (tertiary/aromatic N) is 3. The van der Waals surface area contributed by atoms with Crippen LogP contribution in [0.15, 0.2) is 30.5 Å². The van der Waals surface area contributed by atoms with Crippen LogP contribution in [0.2, 0.25) is 0 Å². The summed E-state index contributed by atoms with van der Waals surface area (Å²) in [5, 5.41) is 3.26. The van der Waals surface area contributed by atoms with E-state index in [4.69, 9.17) is 4.74 Å². The number of rotatable bonds is 4. The highest BCUT2D eigenvalue weighted by atomic mass is 19.2. The third kappa shape index (κ3) is 3.48. The summed E-state index contributed by atoms with van der Waals surface area (Å²) in [4.78, 5) is 10.7. The zero-order valence-corrected chi connectivity index (χ0v) is 11.9. The number of aromatic nitrogens is 2. The predicted molar refractivity (Wildman–Crippen MR) is 77.8 cm³/mol. The summed E-state index contributed by atoms with van der Waals surface area (Å²) in [5.74, 6) is -0.727. The van der Waals surface area contributed by atoms with Gasteiger partial charge < -0.3 is 15.0 Å². The van der Waals surface area contributed by atoms with E-state index in [1.807, 2.05) is 0 Å². The number of hydrogen-bond donors (Lipinski definition) is 1. The monoisotopic (exact) mass is 306 g/mol. The second kappa shape index (κ2) is 6.65. The SMILES string of the molecule is Fc1ccc(COc2ccnc(N3CCNCC3)n2)cc1F. The van der Waals surface area contributed by atoms with Gasteiger partial charge in [-0.1, -0.05) is 6.07 Å². The van der Waals surface area contributed by atoms with Crippen molar-refractivity contribution in [2.45, 2.75) is 6.61 Å². The van der Waals surface area contributed by atoms with E-state index < -0.39 is 11.6 Å². The fourth-order valence-corrected chi connectivity index (χ4v) is 2.22. The van der Waals surface area contributed by atoms with Gasteiger partial charge in [0.2, 0.25) is 11.8 Å². The van der Waals surface area contributed by atoms with Crippen LogP contribution in [0.4, 0.5) is 14.7 Å². The van der Waals surface area contributed by atoms with Crippen LogP contribution in [0, 0.1) is 11.6 Å². The number of piperazine rings is 1. The summed E-state index contributed by atoms with van der Waals surface area (Å²) in [6.07, 6.45) is 1.63. The molecule has 0 bridgehead atoms. The van der Waals surface area contributed by atoms with Crippen LogP contribution in [0.3, 0.4) is 0 Å². The van der Waals surface area contributed by atoms with Gasteiger partial charge in [0.25, 0.3) is 0 Å². The Morgan fingerprint density at radius 3 is 2.73 bits per heavy atom. The summed E-state index contributed by atoms with van der Waals surface area (Å²) in [5.41, 5.74) is 0.543. The third-order valence-electron chi connectivity index (χ3n) is 3.39. The summed E-state index contributed by atoms with van der Waals surface area (Å²) in [7, 11) is 0. The first-order valence-electron chi connectivity index (χ1n) is 7.08. The Hall–Kier alpha value is -2.28. The number of benzene rings is 1. The van der Waals surface area contributed by atoms with E-state index in [0.717, 1.165) is 38.3 Å². The minimum Gasteiger partial charge on any atom is -0.473 e. The first-order valence-corrected chi connectivity index (χ1v) is 7.08. The van der Waals surface area contributed by atoms with Gasteiger partial charge in [-0.05, 0) is 17.7 Å². The number of hydrogen-bond acceptors (Lipinski definition) is 5. The lowest BCUT2D eigenvalue weighted by Crippen LogP contribution is -2.44. The van der Waals surface area contributed by atoms with Crippen molar-refractivity contribution in [1.29, 1.82) is 0 Å². The van der Waals surface area contributed by atoms with E-state index in [0.29, 0.717) is 17.4 Å². The van der Waals surface area contributed by atoms with Crippen molar-refractivity contribution in [2.75, 3.05) is 31.1 Å². The summed E-state index contributed by atoms with van der Waals surface area (Å²) in [6.45, 7) is 3.58. The molecule has 0 unspecified atom stereocenters. The predicted octanol–water partition coefficient (Wildman–Crippen LogP) is 1.74. The molecule has 0 radical (unpaired) electrons. The number of anilines is 1. The Balaban J connectivity index is 1.66. The normalized spacial score (nSPS) is 14.9. The number of nitrogens with one attached hydrogen (secondary N) is 1. The molecule has 3 rings (SSSR count). The molecule has 0 amide bonds. The summed E-state index contributed by atoms with van der Waals surface area (Å²) in [6, 6.07) is 5.33. The lowest BCUT2D eigenvalue weighted by atomic mass is 10.2. The summed E-state index contributed by atoms with van der Waals surface area (Å²) < 4.78 is 31.6. The molecule has 5 nitrogen and oxygen atoms in total. The standard InChI is InChI=1S/C15H16F2N4O/c16-12-2-1-11(9-13(12)17)10-22-14-3-4-19-15(20-14)21-7-5-18-6-8-21/h1-4,9,18H,5-8,10H2. The topological polar surface area (TPSA) is 50.3 Å². The molecule has 1 aliphatic heterocycles. The molecule has 1 N–H and O–H groups in total. The Morgan fingerprint density at radius 1 is 1.14 bits per heavy atom. The second-order valence-corrected chi connectivity index (χ2v) is 4.97. The van der Waals surface area contributed by atoms with E-state index >= 15 is 0 Å². The second-order valence-electron chi connectivity index (χ2n) is 4.97. The molecule has 1 aliphatic rings.